The first kappa shape index (κ1) is 8.88. The second kappa shape index (κ2) is 3.98. The Balaban J connectivity index is 2.38. The summed E-state index contributed by atoms with van der Waals surface area (Å²) < 4.78 is 37.9. The van der Waals surface area contributed by atoms with E-state index in [1.807, 2.05) is 0 Å². The Morgan fingerprint density at radius 2 is 1.45 bits per heavy atom. The van der Waals surface area contributed by atoms with Crippen molar-refractivity contribution in [3.05, 3.63) is 0 Å². The van der Waals surface area contributed by atoms with Gasteiger partial charge in [-0.25, -0.2) is 13.2 Å². The molecule has 0 spiro atoms. The van der Waals surface area contributed by atoms with Crippen molar-refractivity contribution in [2.24, 2.45) is 0 Å². The SMILES string of the molecule is F[C@@H]1CCCC[C@H](F)[C@@H](F)C1. The van der Waals surface area contributed by atoms with Crippen LogP contribution in [0.1, 0.15) is 32.1 Å². The van der Waals surface area contributed by atoms with Crippen LogP contribution in [0, 0.1) is 0 Å². The van der Waals surface area contributed by atoms with Crippen LogP contribution in [0.2, 0.25) is 0 Å². The predicted molar refractivity (Wildman–Crippen MR) is 37.8 cm³/mol. The molecule has 66 valence electrons. The van der Waals surface area contributed by atoms with Gasteiger partial charge in [0.1, 0.15) is 18.5 Å². The molecular weight excluding hydrogens is 153 g/mol. The van der Waals surface area contributed by atoms with Gasteiger partial charge in [0, 0.05) is 6.42 Å². The van der Waals surface area contributed by atoms with E-state index in [4.69, 9.17) is 0 Å². The van der Waals surface area contributed by atoms with E-state index < -0.39 is 18.5 Å². The molecule has 0 aromatic rings. The highest BCUT2D eigenvalue weighted by Gasteiger charge is 2.26. The molecular formula is C8H13F3. The van der Waals surface area contributed by atoms with Gasteiger partial charge >= 0.3 is 0 Å². The smallest absolute Gasteiger partial charge is 0.134 e. The second-order valence-corrected chi connectivity index (χ2v) is 3.15. The third-order valence-corrected chi connectivity index (χ3v) is 2.12. The Morgan fingerprint density at radius 3 is 2.18 bits per heavy atom. The number of rotatable bonds is 0. The zero-order valence-electron chi connectivity index (χ0n) is 6.40. The monoisotopic (exact) mass is 166 g/mol. The fourth-order valence-corrected chi connectivity index (χ4v) is 1.40. The Labute approximate surface area is 64.8 Å². The molecule has 0 aliphatic heterocycles. The van der Waals surface area contributed by atoms with Crippen molar-refractivity contribution in [1.29, 1.82) is 0 Å². The molecule has 0 radical (unpaired) electrons. The summed E-state index contributed by atoms with van der Waals surface area (Å²) in [4.78, 5) is 0. The van der Waals surface area contributed by atoms with Crippen molar-refractivity contribution in [2.45, 2.75) is 50.6 Å². The van der Waals surface area contributed by atoms with Crippen LogP contribution < -0.4 is 0 Å². The summed E-state index contributed by atoms with van der Waals surface area (Å²) in [6.45, 7) is 0. The standard InChI is InChI=1S/C8H13F3/c9-6-3-1-2-4-7(10)8(11)5-6/h6-8H,1-5H2/t6-,7+,8+/m1/s1. The van der Waals surface area contributed by atoms with E-state index in [-0.39, 0.29) is 12.8 Å². The highest BCUT2D eigenvalue weighted by molar-refractivity contribution is 4.75. The van der Waals surface area contributed by atoms with E-state index in [1.54, 1.807) is 0 Å². The minimum absolute atomic E-state index is 0.249. The summed E-state index contributed by atoms with van der Waals surface area (Å²) in [5, 5.41) is 0. The summed E-state index contributed by atoms with van der Waals surface area (Å²) in [7, 11) is 0. The van der Waals surface area contributed by atoms with Crippen LogP contribution in [0.4, 0.5) is 13.2 Å². The van der Waals surface area contributed by atoms with Crippen molar-refractivity contribution in [3.63, 3.8) is 0 Å². The van der Waals surface area contributed by atoms with E-state index in [1.165, 1.54) is 0 Å². The molecule has 1 aliphatic rings. The average molecular weight is 166 g/mol. The van der Waals surface area contributed by atoms with Gasteiger partial charge in [-0.2, -0.15) is 0 Å². The summed E-state index contributed by atoms with van der Waals surface area (Å²) in [5.74, 6) is 0. The predicted octanol–water partition coefficient (Wildman–Crippen LogP) is 2.96. The second-order valence-electron chi connectivity index (χ2n) is 3.15. The molecule has 0 amide bonds. The van der Waals surface area contributed by atoms with E-state index in [0.29, 0.717) is 19.3 Å². The molecule has 0 aromatic carbocycles. The zero-order chi connectivity index (χ0) is 8.27. The summed E-state index contributed by atoms with van der Waals surface area (Å²) in [5.41, 5.74) is 0. The molecule has 3 heteroatoms. The van der Waals surface area contributed by atoms with E-state index >= 15 is 0 Å². The van der Waals surface area contributed by atoms with Crippen LogP contribution in [0.5, 0.6) is 0 Å². The molecule has 1 rings (SSSR count). The van der Waals surface area contributed by atoms with Crippen LogP contribution in [0.3, 0.4) is 0 Å². The highest BCUT2D eigenvalue weighted by Crippen LogP contribution is 2.24. The number of alkyl halides is 3. The molecule has 0 aromatic heterocycles. The molecule has 0 heterocycles. The van der Waals surface area contributed by atoms with Gasteiger partial charge in [-0.3, -0.25) is 0 Å². The van der Waals surface area contributed by atoms with Gasteiger partial charge in [0.25, 0.3) is 0 Å². The van der Waals surface area contributed by atoms with Gasteiger partial charge in [0.2, 0.25) is 0 Å². The molecule has 0 unspecified atom stereocenters. The van der Waals surface area contributed by atoms with Gasteiger partial charge in [-0.15, -0.1) is 0 Å². The van der Waals surface area contributed by atoms with Gasteiger partial charge in [0.05, 0.1) is 0 Å². The minimum Gasteiger partial charge on any atom is -0.247 e. The Morgan fingerprint density at radius 1 is 0.818 bits per heavy atom. The summed E-state index contributed by atoms with van der Waals surface area (Å²) in [6, 6.07) is 0. The van der Waals surface area contributed by atoms with E-state index in [0.717, 1.165) is 0 Å². The van der Waals surface area contributed by atoms with E-state index in [9.17, 15) is 13.2 Å². The van der Waals surface area contributed by atoms with Crippen molar-refractivity contribution in [3.8, 4) is 0 Å². The molecule has 11 heavy (non-hydrogen) atoms. The maximum Gasteiger partial charge on any atom is 0.134 e. The maximum atomic E-state index is 12.7. The Hall–Kier alpha value is -0.210. The Bertz CT molecular complexity index is 116. The first-order valence-corrected chi connectivity index (χ1v) is 4.12. The third kappa shape index (κ3) is 2.72. The topological polar surface area (TPSA) is 0 Å². The molecule has 0 N–H and O–H groups in total. The lowest BCUT2D eigenvalue weighted by Crippen LogP contribution is -2.23. The average Bonchev–Trinajstić information content (AvgIpc) is 1.95. The van der Waals surface area contributed by atoms with Crippen LogP contribution in [-0.4, -0.2) is 18.5 Å². The van der Waals surface area contributed by atoms with Crippen molar-refractivity contribution < 1.29 is 13.2 Å². The van der Waals surface area contributed by atoms with Crippen LogP contribution in [-0.2, 0) is 0 Å². The summed E-state index contributed by atoms with van der Waals surface area (Å²) in [6.07, 6.45) is -2.44. The number of halogens is 3. The third-order valence-electron chi connectivity index (χ3n) is 2.12. The largest absolute Gasteiger partial charge is 0.247 e. The quantitative estimate of drug-likeness (QED) is 0.519. The van der Waals surface area contributed by atoms with Crippen LogP contribution in [0.25, 0.3) is 0 Å². The Kier molecular flexibility index (Phi) is 3.21. The molecule has 1 fully saturated rings. The number of hydrogen-bond acceptors (Lipinski definition) is 0. The molecule has 0 saturated heterocycles. The fourth-order valence-electron chi connectivity index (χ4n) is 1.40. The lowest BCUT2D eigenvalue weighted by molar-refractivity contribution is 0.101. The normalized spacial score (nSPS) is 41.2. The lowest BCUT2D eigenvalue weighted by atomic mass is 9.97. The molecule has 0 bridgehead atoms. The maximum absolute atomic E-state index is 12.7. The van der Waals surface area contributed by atoms with Crippen molar-refractivity contribution >= 4 is 0 Å². The fraction of sp³-hybridized carbons (Fsp3) is 1.00. The lowest BCUT2D eigenvalue weighted by Gasteiger charge is -2.19. The van der Waals surface area contributed by atoms with Gasteiger partial charge < -0.3 is 0 Å². The minimum atomic E-state index is -1.58. The molecule has 0 nitrogen and oxygen atoms in total. The van der Waals surface area contributed by atoms with Gasteiger partial charge in [-0.05, 0) is 12.8 Å². The first-order chi connectivity index (χ1) is 5.20. The summed E-state index contributed by atoms with van der Waals surface area (Å²) >= 11 is 0. The zero-order valence-corrected chi connectivity index (χ0v) is 6.40. The van der Waals surface area contributed by atoms with Crippen LogP contribution >= 0.6 is 0 Å². The van der Waals surface area contributed by atoms with Gasteiger partial charge in [-0.1, -0.05) is 12.8 Å². The highest BCUT2D eigenvalue weighted by atomic mass is 19.2. The van der Waals surface area contributed by atoms with Crippen LogP contribution in [0.15, 0.2) is 0 Å². The molecule has 3 atom stereocenters. The van der Waals surface area contributed by atoms with Crippen molar-refractivity contribution in [1.82, 2.24) is 0 Å². The van der Waals surface area contributed by atoms with Gasteiger partial charge in [0.15, 0.2) is 0 Å². The van der Waals surface area contributed by atoms with Crippen molar-refractivity contribution in [2.75, 3.05) is 0 Å². The molecule has 1 aliphatic carbocycles. The molecule has 1 saturated carbocycles. The first-order valence-electron chi connectivity index (χ1n) is 4.12. The van der Waals surface area contributed by atoms with E-state index in [2.05, 4.69) is 0 Å². The number of hydrogen-bond donors (Lipinski definition) is 0.